The molecule has 0 unspecified atom stereocenters. The van der Waals surface area contributed by atoms with Crippen LogP contribution < -0.4 is 11.1 Å². The van der Waals surface area contributed by atoms with E-state index in [-0.39, 0.29) is 17.1 Å². The van der Waals surface area contributed by atoms with Crippen molar-refractivity contribution in [3.63, 3.8) is 0 Å². The highest BCUT2D eigenvalue weighted by Gasteiger charge is 2.14. The summed E-state index contributed by atoms with van der Waals surface area (Å²) in [5, 5.41) is 11.7. The number of aromatic nitrogens is 1. The Morgan fingerprint density at radius 2 is 2.17 bits per heavy atom. The van der Waals surface area contributed by atoms with Gasteiger partial charge in [0, 0.05) is 11.9 Å². The van der Waals surface area contributed by atoms with Gasteiger partial charge < -0.3 is 16.2 Å². The summed E-state index contributed by atoms with van der Waals surface area (Å²) in [7, 11) is 0. The zero-order valence-corrected chi connectivity index (χ0v) is 9.22. The Morgan fingerprint density at radius 1 is 1.39 bits per heavy atom. The number of hydrogen-bond donors (Lipinski definition) is 3. The Labute approximate surface area is 102 Å². The average molecular weight is 247 g/mol. The molecule has 4 N–H and O–H groups in total. The lowest BCUT2D eigenvalue weighted by Crippen LogP contribution is -2.14. The highest BCUT2D eigenvalue weighted by atomic mass is 19.1. The third kappa shape index (κ3) is 2.37. The van der Waals surface area contributed by atoms with Gasteiger partial charge in [-0.1, -0.05) is 0 Å². The van der Waals surface area contributed by atoms with Crippen molar-refractivity contribution in [2.24, 2.45) is 0 Å². The van der Waals surface area contributed by atoms with Crippen LogP contribution in [0.5, 0.6) is 5.75 Å². The molecule has 1 aromatic carbocycles. The number of rotatable bonds is 2. The van der Waals surface area contributed by atoms with E-state index in [0.29, 0.717) is 5.69 Å². The van der Waals surface area contributed by atoms with Gasteiger partial charge in [-0.05, 0) is 30.3 Å². The van der Waals surface area contributed by atoms with Gasteiger partial charge in [0.15, 0.2) is 5.69 Å². The van der Waals surface area contributed by atoms with Crippen LogP contribution in [0.2, 0.25) is 0 Å². The maximum atomic E-state index is 13.4. The highest BCUT2D eigenvalue weighted by molar-refractivity contribution is 6.04. The summed E-state index contributed by atoms with van der Waals surface area (Å²) in [5.41, 5.74) is 5.56. The van der Waals surface area contributed by atoms with E-state index in [9.17, 15) is 14.3 Å². The van der Waals surface area contributed by atoms with Crippen LogP contribution in [-0.4, -0.2) is 16.0 Å². The topological polar surface area (TPSA) is 88.2 Å². The summed E-state index contributed by atoms with van der Waals surface area (Å²) in [6.45, 7) is 0. The standard InChI is InChI=1S/C12H10FN3O2/c13-8-4-3-7(14)6-9(8)16-12(18)11-10(17)2-1-5-15-11/h1-6,17H,14H2,(H,16,18). The van der Waals surface area contributed by atoms with E-state index in [1.54, 1.807) is 0 Å². The maximum absolute atomic E-state index is 13.4. The number of halogens is 1. The van der Waals surface area contributed by atoms with Crippen LogP contribution in [0.25, 0.3) is 0 Å². The number of benzene rings is 1. The van der Waals surface area contributed by atoms with Gasteiger partial charge in [0.25, 0.3) is 5.91 Å². The van der Waals surface area contributed by atoms with Crippen molar-refractivity contribution >= 4 is 17.3 Å². The quantitative estimate of drug-likeness (QED) is 0.705. The van der Waals surface area contributed by atoms with E-state index < -0.39 is 11.7 Å². The minimum Gasteiger partial charge on any atom is -0.505 e. The summed E-state index contributed by atoms with van der Waals surface area (Å²) >= 11 is 0. The fourth-order valence-electron chi connectivity index (χ4n) is 1.39. The van der Waals surface area contributed by atoms with Crippen molar-refractivity contribution in [3.05, 3.63) is 48.0 Å². The summed E-state index contributed by atoms with van der Waals surface area (Å²) in [4.78, 5) is 15.5. The van der Waals surface area contributed by atoms with Crippen LogP contribution in [0.15, 0.2) is 36.5 Å². The number of carbonyl (C=O) groups excluding carboxylic acids is 1. The first kappa shape index (κ1) is 11.8. The minimum absolute atomic E-state index is 0.0648. The molecule has 1 heterocycles. The molecule has 0 saturated carbocycles. The number of nitrogen functional groups attached to an aromatic ring is 1. The van der Waals surface area contributed by atoms with E-state index in [4.69, 9.17) is 5.73 Å². The number of nitrogens with two attached hydrogens (primary N) is 1. The SMILES string of the molecule is Nc1ccc(F)c(NC(=O)c2ncccc2O)c1. The third-order valence-electron chi connectivity index (χ3n) is 2.24. The van der Waals surface area contributed by atoms with Crippen LogP contribution in [0.4, 0.5) is 15.8 Å². The first-order valence-corrected chi connectivity index (χ1v) is 5.08. The van der Waals surface area contributed by atoms with Gasteiger partial charge in [-0.3, -0.25) is 4.79 Å². The van der Waals surface area contributed by atoms with Gasteiger partial charge in [0.2, 0.25) is 0 Å². The Morgan fingerprint density at radius 3 is 2.89 bits per heavy atom. The number of nitrogens with one attached hydrogen (secondary N) is 1. The highest BCUT2D eigenvalue weighted by Crippen LogP contribution is 2.20. The van der Waals surface area contributed by atoms with Crippen molar-refractivity contribution in [1.29, 1.82) is 0 Å². The lowest BCUT2D eigenvalue weighted by Gasteiger charge is -2.07. The number of pyridine rings is 1. The molecule has 0 fully saturated rings. The number of anilines is 2. The first-order chi connectivity index (χ1) is 8.58. The molecule has 92 valence electrons. The first-order valence-electron chi connectivity index (χ1n) is 5.08. The van der Waals surface area contributed by atoms with Crippen LogP contribution in [0.3, 0.4) is 0 Å². The molecule has 1 amide bonds. The molecule has 0 spiro atoms. The molecule has 0 aliphatic rings. The molecule has 18 heavy (non-hydrogen) atoms. The molecule has 0 aliphatic carbocycles. The van der Waals surface area contributed by atoms with Gasteiger partial charge in [-0.2, -0.15) is 0 Å². The number of aromatic hydroxyl groups is 1. The summed E-state index contributed by atoms with van der Waals surface area (Å²) in [6.07, 6.45) is 1.35. The molecule has 0 saturated heterocycles. The molecule has 0 radical (unpaired) electrons. The number of amides is 1. The molecule has 0 bridgehead atoms. The zero-order chi connectivity index (χ0) is 13.1. The summed E-state index contributed by atoms with van der Waals surface area (Å²) in [6, 6.07) is 6.60. The molecule has 2 aromatic rings. The van der Waals surface area contributed by atoms with E-state index in [0.717, 1.165) is 6.07 Å². The van der Waals surface area contributed by atoms with E-state index in [2.05, 4.69) is 10.3 Å². The second-order valence-electron chi connectivity index (χ2n) is 3.56. The van der Waals surface area contributed by atoms with Gasteiger partial charge in [-0.25, -0.2) is 9.37 Å². The average Bonchev–Trinajstić information content (AvgIpc) is 2.34. The Bertz CT molecular complexity index is 602. The Kier molecular flexibility index (Phi) is 3.09. The Hall–Kier alpha value is -2.63. The molecule has 2 rings (SSSR count). The van der Waals surface area contributed by atoms with Gasteiger partial charge in [0.05, 0.1) is 5.69 Å². The van der Waals surface area contributed by atoms with Crippen molar-refractivity contribution in [2.75, 3.05) is 11.1 Å². The maximum Gasteiger partial charge on any atom is 0.278 e. The van der Waals surface area contributed by atoms with E-state index in [1.165, 1.54) is 30.5 Å². The van der Waals surface area contributed by atoms with Gasteiger partial charge in [0.1, 0.15) is 11.6 Å². The van der Waals surface area contributed by atoms with Crippen molar-refractivity contribution in [1.82, 2.24) is 4.98 Å². The molecule has 5 nitrogen and oxygen atoms in total. The number of hydrogen-bond acceptors (Lipinski definition) is 4. The van der Waals surface area contributed by atoms with Crippen LogP contribution in [-0.2, 0) is 0 Å². The number of carbonyl (C=O) groups is 1. The van der Waals surface area contributed by atoms with E-state index >= 15 is 0 Å². The summed E-state index contributed by atoms with van der Waals surface area (Å²) in [5.74, 6) is -1.61. The fraction of sp³-hybridized carbons (Fsp3) is 0. The second-order valence-corrected chi connectivity index (χ2v) is 3.56. The predicted octanol–water partition coefficient (Wildman–Crippen LogP) is 1.76. The van der Waals surface area contributed by atoms with Crippen LogP contribution in [0.1, 0.15) is 10.5 Å². The largest absolute Gasteiger partial charge is 0.505 e. The van der Waals surface area contributed by atoms with Crippen LogP contribution in [0, 0.1) is 5.82 Å². The number of nitrogens with zero attached hydrogens (tertiary/aromatic N) is 1. The normalized spacial score (nSPS) is 10.1. The van der Waals surface area contributed by atoms with E-state index in [1.807, 2.05) is 0 Å². The van der Waals surface area contributed by atoms with Crippen molar-refractivity contribution < 1.29 is 14.3 Å². The third-order valence-corrected chi connectivity index (χ3v) is 2.24. The molecular weight excluding hydrogens is 237 g/mol. The molecule has 0 aliphatic heterocycles. The monoisotopic (exact) mass is 247 g/mol. The van der Waals surface area contributed by atoms with Crippen molar-refractivity contribution in [3.8, 4) is 5.75 Å². The van der Waals surface area contributed by atoms with Crippen LogP contribution >= 0.6 is 0 Å². The molecule has 1 aromatic heterocycles. The Balaban J connectivity index is 2.27. The molecular formula is C12H10FN3O2. The van der Waals surface area contributed by atoms with Gasteiger partial charge >= 0.3 is 0 Å². The van der Waals surface area contributed by atoms with Gasteiger partial charge in [-0.15, -0.1) is 0 Å². The zero-order valence-electron chi connectivity index (χ0n) is 9.22. The lowest BCUT2D eigenvalue weighted by atomic mass is 10.2. The fourth-order valence-corrected chi connectivity index (χ4v) is 1.39. The molecule has 0 atom stereocenters. The molecule has 6 heteroatoms. The lowest BCUT2D eigenvalue weighted by molar-refractivity contribution is 0.101. The minimum atomic E-state index is -0.711. The predicted molar refractivity (Wildman–Crippen MR) is 64.7 cm³/mol. The summed E-state index contributed by atoms with van der Waals surface area (Å²) < 4.78 is 13.4. The smallest absolute Gasteiger partial charge is 0.278 e. The van der Waals surface area contributed by atoms with Crippen molar-refractivity contribution in [2.45, 2.75) is 0 Å². The second kappa shape index (κ2) is 4.70.